The number of nitrogens with one attached hydrogen (secondary N) is 2. The molecule has 25 heavy (non-hydrogen) atoms. The zero-order valence-electron chi connectivity index (χ0n) is 13.2. The van der Waals surface area contributed by atoms with E-state index in [2.05, 4.69) is 10.6 Å². The number of rotatable bonds is 5. The number of aromatic amines is 1. The van der Waals surface area contributed by atoms with Gasteiger partial charge in [0.25, 0.3) is 0 Å². The highest BCUT2D eigenvalue weighted by atomic mass is 32.2. The fourth-order valence-electron chi connectivity index (χ4n) is 2.11. The maximum atomic E-state index is 12.9. The molecular weight excluding hydrogens is 345 g/mol. The molecule has 0 aliphatic rings. The molecule has 0 spiro atoms. The maximum absolute atomic E-state index is 12.9. The van der Waals surface area contributed by atoms with Gasteiger partial charge in [-0.3, -0.25) is 9.32 Å². The summed E-state index contributed by atoms with van der Waals surface area (Å²) in [5.41, 5.74) is 0.633. The summed E-state index contributed by atoms with van der Waals surface area (Å²) in [5.74, 6) is -0.689. The molecule has 0 fully saturated rings. The van der Waals surface area contributed by atoms with E-state index in [1.807, 2.05) is 18.2 Å². The van der Waals surface area contributed by atoms with Crippen molar-refractivity contribution >= 4 is 23.4 Å². The van der Waals surface area contributed by atoms with Gasteiger partial charge in [-0.15, -0.1) is 0 Å². The number of H-pyrrole nitrogens is 1. The lowest BCUT2D eigenvalue weighted by atomic mass is 10.3. The van der Waals surface area contributed by atoms with Crippen molar-refractivity contribution in [1.82, 2.24) is 5.27 Å². The third-order valence-electron chi connectivity index (χ3n) is 3.39. The molecule has 3 aromatic rings. The van der Waals surface area contributed by atoms with Crippen molar-refractivity contribution in [3.8, 4) is 5.69 Å². The van der Waals surface area contributed by atoms with E-state index >= 15 is 0 Å². The van der Waals surface area contributed by atoms with Crippen LogP contribution in [0.4, 0.5) is 10.1 Å². The minimum atomic E-state index is -0.571. The van der Waals surface area contributed by atoms with E-state index in [1.54, 1.807) is 19.1 Å². The summed E-state index contributed by atoms with van der Waals surface area (Å²) in [7, 11) is 0. The lowest BCUT2D eigenvalue weighted by Crippen LogP contribution is -2.37. The van der Waals surface area contributed by atoms with Crippen molar-refractivity contribution in [1.29, 1.82) is 0 Å². The second-order valence-corrected chi connectivity index (χ2v) is 6.54. The Kier molecular flexibility index (Phi) is 4.99. The molecular formula is C17H15FN3O3S+. The van der Waals surface area contributed by atoms with E-state index in [9.17, 15) is 14.0 Å². The molecule has 0 aliphatic heterocycles. The van der Waals surface area contributed by atoms with Crippen LogP contribution in [0.3, 0.4) is 0 Å². The number of amides is 1. The van der Waals surface area contributed by atoms with Crippen LogP contribution < -0.4 is 15.6 Å². The number of thioether (sulfide) groups is 1. The molecule has 1 amide bonds. The second-order valence-electron chi connectivity index (χ2n) is 5.21. The fraction of sp³-hybridized carbons (Fsp3) is 0.118. The molecule has 0 bridgehead atoms. The lowest BCUT2D eigenvalue weighted by molar-refractivity contribution is -0.704. The van der Waals surface area contributed by atoms with Gasteiger partial charge in [0.05, 0.1) is 5.25 Å². The summed E-state index contributed by atoms with van der Waals surface area (Å²) in [5, 5.41) is 4.89. The van der Waals surface area contributed by atoms with E-state index in [1.165, 1.54) is 28.9 Å². The van der Waals surface area contributed by atoms with Crippen molar-refractivity contribution in [2.75, 3.05) is 5.32 Å². The molecule has 6 nitrogen and oxygen atoms in total. The van der Waals surface area contributed by atoms with Gasteiger partial charge in [0.2, 0.25) is 11.6 Å². The van der Waals surface area contributed by atoms with Gasteiger partial charge in [-0.2, -0.15) is 0 Å². The molecule has 1 atom stereocenters. The van der Waals surface area contributed by atoms with Gasteiger partial charge in [0.15, 0.2) is 0 Å². The number of carbonyl (C=O) groups excluding carboxylic acids is 1. The zero-order valence-corrected chi connectivity index (χ0v) is 14.0. The summed E-state index contributed by atoms with van der Waals surface area (Å²) in [6, 6.07) is 14.6. The Morgan fingerprint density at radius 3 is 2.56 bits per heavy atom. The number of halogens is 1. The number of anilines is 1. The highest BCUT2D eigenvalue weighted by Gasteiger charge is 2.28. The zero-order chi connectivity index (χ0) is 17.8. The standard InChI is InChI=1S/C17H14FN3O3S/c1-11(15(22)19-13-9-7-12(18)8-10-13)25-16-17(23)24-20-21(16)14-5-3-2-4-6-14/h2-11H,1H3,(H-,19,20,22,23)/p+1. The quantitative estimate of drug-likeness (QED) is 0.541. The number of benzene rings is 2. The topological polar surface area (TPSA) is 79.0 Å². The van der Waals surface area contributed by atoms with Crippen LogP contribution in [0.15, 0.2) is 68.9 Å². The van der Waals surface area contributed by atoms with Crippen molar-refractivity contribution in [3.63, 3.8) is 0 Å². The van der Waals surface area contributed by atoms with Crippen LogP contribution in [0.1, 0.15) is 6.92 Å². The predicted octanol–water partition coefficient (Wildman–Crippen LogP) is 2.50. The van der Waals surface area contributed by atoms with Gasteiger partial charge < -0.3 is 5.32 Å². The number of hydrogen-bond donors (Lipinski definition) is 2. The smallest absolute Gasteiger partial charge is 0.325 e. The maximum Gasteiger partial charge on any atom is 0.442 e. The van der Waals surface area contributed by atoms with Crippen molar-refractivity contribution in [3.05, 3.63) is 70.8 Å². The van der Waals surface area contributed by atoms with Gasteiger partial charge >= 0.3 is 10.7 Å². The lowest BCUT2D eigenvalue weighted by Gasteiger charge is -2.09. The Morgan fingerprint density at radius 1 is 1.20 bits per heavy atom. The molecule has 2 N–H and O–H groups in total. The number of hydrogen-bond acceptors (Lipinski definition) is 4. The summed E-state index contributed by atoms with van der Waals surface area (Å²) in [6.07, 6.45) is 0. The molecule has 3 rings (SSSR count). The first-order valence-corrected chi connectivity index (χ1v) is 8.34. The fourth-order valence-corrected chi connectivity index (χ4v) is 3.00. The van der Waals surface area contributed by atoms with E-state index < -0.39 is 10.9 Å². The SMILES string of the molecule is CC(Sc1c(=O)o[nH][n+]1-c1ccccc1)C(=O)Nc1ccc(F)cc1. The first-order chi connectivity index (χ1) is 12.0. The molecule has 128 valence electrons. The van der Waals surface area contributed by atoms with Gasteiger partial charge in [-0.05, 0) is 52.9 Å². The third kappa shape index (κ3) is 3.97. The van der Waals surface area contributed by atoms with E-state index in [4.69, 9.17) is 4.52 Å². The van der Waals surface area contributed by atoms with Crippen LogP contribution in [-0.2, 0) is 4.79 Å². The molecule has 0 radical (unpaired) electrons. The molecule has 0 saturated heterocycles. The van der Waals surface area contributed by atoms with Crippen molar-refractivity contribution < 1.29 is 18.4 Å². The highest BCUT2D eigenvalue weighted by molar-refractivity contribution is 8.00. The van der Waals surface area contributed by atoms with Crippen LogP contribution in [0, 0.1) is 5.82 Å². The Labute approximate surface area is 146 Å². The number of aromatic nitrogens is 2. The van der Waals surface area contributed by atoms with E-state index in [0.29, 0.717) is 11.4 Å². The number of para-hydroxylation sites is 1. The van der Waals surface area contributed by atoms with Gasteiger partial charge in [-0.1, -0.05) is 18.2 Å². The molecule has 0 aliphatic carbocycles. The largest absolute Gasteiger partial charge is 0.442 e. The molecule has 8 heteroatoms. The molecule has 1 aromatic heterocycles. The van der Waals surface area contributed by atoms with Crippen LogP contribution in [0.5, 0.6) is 0 Å². The minimum Gasteiger partial charge on any atom is -0.325 e. The third-order valence-corrected chi connectivity index (χ3v) is 4.53. The van der Waals surface area contributed by atoms with Crippen LogP contribution >= 0.6 is 11.8 Å². The van der Waals surface area contributed by atoms with Crippen LogP contribution in [0.25, 0.3) is 5.69 Å². The molecule has 1 unspecified atom stereocenters. The monoisotopic (exact) mass is 360 g/mol. The predicted molar refractivity (Wildman–Crippen MR) is 91.2 cm³/mol. The molecule has 2 aromatic carbocycles. The summed E-state index contributed by atoms with van der Waals surface area (Å²) in [6.45, 7) is 1.67. The van der Waals surface area contributed by atoms with Gasteiger partial charge in [0, 0.05) is 17.8 Å². The Bertz CT molecular complexity index is 922. The van der Waals surface area contributed by atoms with Gasteiger partial charge in [0.1, 0.15) is 5.82 Å². The average molecular weight is 360 g/mol. The van der Waals surface area contributed by atoms with Crippen LogP contribution in [-0.4, -0.2) is 16.4 Å². The molecule has 0 saturated carbocycles. The van der Waals surface area contributed by atoms with Crippen LogP contribution in [0.2, 0.25) is 0 Å². The Balaban J connectivity index is 1.76. The Hall–Kier alpha value is -2.87. The number of nitrogens with zero attached hydrogens (tertiary/aromatic N) is 1. The first-order valence-electron chi connectivity index (χ1n) is 7.46. The minimum absolute atomic E-state index is 0.257. The summed E-state index contributed by atoms with van der Waals surface area (Å²) in [4.78, 5) is 24.3. The average Bonchev–Trinajstić information content (AvgIpc) is 2.98. The number of carbonyl (C=O) groups is 1. The van der Waals surface area contributed by atoms with E-state index in [-0.39, 0.29) is 16.8 Å². The highest BCUT2D eigenvalue weighted by Crippen LogP contribution is 2.20. The second kappa shape index (κ2) is 7.35. The molecule has 1 heterocycles. The first kappa shape index (κ1) is 17.0. The summed E-state index contributed by atoms with van der Waals surface area (Å²) >= 11 is 1.07. The van der Waals surface area contributed by atoms with E-state index in [0.717, 1.165) is 11.8 Å². The normalized spacial score (nSPS) is 11.9. The van der Waals surface area contributed by atoms with Gasteiger partial charge in [-0.25, -0.2) is 9.18 Å². The van der Waals surface area contributed by atoms with Crippen molar-refractivity contribution in [2.24, 2.45) is 0 Å². The summed E-state index contributed by atoms with van der Waals surface area (Å²) < 4.78 is 19.2. The Morgan fingerprint density at radius 2 is 1.88 bits per heavy atom. The van der Waals surface area contributed by atoms with Crippen molar-refractivity contribution in [2.45, 2.75) is 17.2 Å².